The van der Waals surface area contributed by atoms with E-state index in [-0.39, 0.29) is 27.5 Å². The third-order valence-electron chi connectivity index (χ3n) is 4.00. The Kier molecular flexibility index (Phi) is 5.18. The highest BCUT2D eigenvalue weighted by atomic mass is 35.5. The lowest BCUT2D eigenvalue weighted by atomic mass is 9.75. The van der Waals surface area contributed by atoms with Crippen molar-refractivity contribution in [3.8, 4) is 5.75 Å². The zero-order chi connectivity index (χ0) is 18.8. The summed E-state index contributed by atoms with van der Waals surface area (Å²) in [5.41, 5.74) is 4.59. The van der Waals surface area contributed by atoms with Gasteiger partial charge in [-0.05, 0) is 43.7 Å². The topological polar surface area (TPSA) is 116 Å². The summed E-state index contributed by atoms with van der Waals surface area (Å²) in [6.07, 6.45) is 0. The summed E-state index contributed by atoms with van der Waals surface area (Å²) in [4.78, 5) is 22.6. The molecule has 2 aromatic rings. The van der Waals surface area contributed by atoms with Gasteiger partial charge in [0.1, 0.15) is 11.2 Å². The van der Waals surface area contributed by atoms with E-state index < -0.39 is 16.3 Å². The number of halogens is 1. The maximum absolute atomic E-state index is 12.2. The number of carboxylic acids is 1. The van der Waals surface area contributed by atoms with Crippen LogP contribution >= 0.6 is 11.6 Å². The Morgan fingerprint density at radius 2 is 2.00 bits per heavy atom. The van der Waals surface area contributed by atoms with Gasteiger partial charge in [-0.1, -0.05) is 11.6 Å². The van der Waals surface area contributed by atoms with Gasteiger partial charge in [-0.2, -0.15) is 0 Å². The van der Waals surface area contributed by atoms with Crippen molar-refractivity contribution in [1.82, 2.24) is 0 Å². The first-order chi connectivity index (χ1) is 11.7. The smallest absolute Gasteiger partial charge is 0.318 e. The van der Waals surface area contributed by atoms with Gasteiger partial charge in [0, 0.05) is 28.4 Å². The number of hydrogen-bond donors (Lipinski definition) is 2. The second-order valence-corrected chi connectivity index (χ2v) is 5.94. The predicted octanol–water partition coefficient (Wildman–Crippen LogP) is 3.62. The second kappa shape index (κ2) is 6.98. The van der Waals surface area contributed by atoms with Crippen LogP contribution in [0.5, 0.6) is 5.75 Å². The van der Waals surface area contributed by atoms with Gasteiger partial charge in [-0.3, -0.25) is 14.9 Å². The zero-order valence-corrected chi connectivity index (χ0v) is 14.4. The Hall–Kier alpha value is -2.80. The van der Waals surface area contributed by atoms with Crippen LogP contribution in [0, 0.1) is 10.1 Å². The maximum atomic E-state index is 12.2. The molecule has 0 spiro atoms. The largest absolute Gasteiger partial charge is 0.494 e. The summed E-state index contributed by atoms with van der Waals surface area (Å²) in [5.74, 6) is -0.795. The van der Waals surface area contributed by atoms with Crippen LogP contribution in [0.2, 0.25) is 5.02 Å². The van der Waals surface area contributed by atoms with E-state index in [1.807, 2.05) is 0 Å². The van der Waals surface area contributed by atoms with E-state index in [2.05, 4.69) is 0 Å². The van der Waals surface area contributed by atoms with Gasteiger partial charge in [-0.15, -0.1) is 0 Å². The lowest BCUT2D eigenvalue weighted by Crippen LogP contribution is -2.35. The Labute approximate surface area is 149 Å². The van der Waals surface area contributed by atoms with Crippen molar-refractivity contribution >= 4 is 28.9 Å². The summed E-state index contributed by atoms with van der Waals surface area (Å²) in [5, 5.41) is 21.1. The number of anilines is 1. The van der Waals surface area contributed by atoms with Crippen molar-refractivity contribution in [2.75, 3.05) is 12.3 Å². The van der Waals surface area contributed by atoms with Crippen LogP contribution in [0.25, 0.3) is 0 Å². The first kappa shape index (κ1) is 18.5. The number of nitro groups is 1. The highest BCUT2D eigenvalue weighted by molar-refractivity contribution is 6.32. The van der Waals surface area contributed by atoms with Crippen molar-refractivity contribution < 1.29 is 19.6 Å². The van der Waals surface area contributed by atoms with Gasteiger partial charge in [0.05, 0.1) is 11.5 Å². The number of ether oxygens (including phenoxy) is 1. The molecule has 0 aliphatic carbocycles. The molecule has 2 aromatic carbocycles. The first-order valence-electron chi connectivity index (χ1n) is 7.42. The molecule has 0 amide bonds. The molecule has 0 heterocycles. The second-order valence-electron chi connectivity index (χ2n) is 5.53. The van der Waals surface area contributed by atoms with Crippen LogP contribution < -0.4 is 10.5 Å². The SMILES string of the molecule is CCOc1ccc(N)c(C(C)(C(=O)O)c2cc([N+](=O)[O-])ccc2Cl)c1. The van der Waals surface area contributed by atoms with Crippen molar-refractivity contribution in [3.63, 3.8) is 0 Å². The Morgan fingerprint density at radius 1 is 1.32 bits per heavy atom. The minimum absolute atomic E-state index is 0.0798. The molecule has 8 heteroatoms. The zero-order valence-electron chi connectivity index (χ0n) is 13.7. The molecule has 0 saturated heterocycles. The van der Waals surface area contributed by atoms with E-state index >= 15 is 0 Å². The highest BCUT2D eigenvalue weighted by Crippen LogP contribution is 2.42. The fraction of sp³-hybridized carbons (Fsp3) is 0.235. The van der Waals surface area contributed by atoms with Crippen LogP contribution in [0.15, 0.2) is 36.4 Å². The minimum Gasteiger partial charge on any atom is -0.494 e. The van der Waals surface area contributed by atoms with E-state index in [9.17, 15) is 20.0 Å². The van der Waals surface area contributed by atoms with E-state index in [1.165, 1.54) is 31.2 Å². The average molecular weight is 365 g/mol. The van der Waals surface area contributed by atoms with Crippen LogP contribution in [0.4, 0.5) is 11.4 Å². The molecule has 25 heavy (non-hydrogen) atoms. The summed E-state index contributed by atoms with van der Waals surface area (Å²) in [6.45, 7) is 3.59. The normalized spacial score (nSPS) is 13.1. The minimum atomic E-state index is -1.69. The fourth-order valence-electron chi connectivity index (χ4n) is 2.61. The molecule has 3 N–H and O–H groups in total. The van der Waals surface area contributed by atoms with E-state index in [0.717, 1.165) is 6.07 Å². The standard InChI is InChI=1S/C17H17ClN2O5/c1-3-25-11-5-7-15(19)13(9-11)17(2,16(21)22)12-8-10(20(23)24)4-6-14(12)18/h4-9H,3,19H2,1-2H3,(H,21,22). The van der Waals surface area contributed by atoms with Gasteiger partial charge < -0.3 is 15.6 Å². The van der Waals surface area contributed by atoms with E-state index in [1.54, 1.807) is 13.0 Å². The van der Waals surface area contributed by atoms with Crippen LogP contribution in [-0.4, -0.2) is 22.6 Å². The number of nitrogen functional groups attached to an aromatic ring is 1. The molecule has 1 unspecified atom stereocenters. The molecular weight excluding hydrogens is 348 g/mol. The third kappa shape index (κ3) is 3.36. The number of nitro benzene ring substituents is 1. The third-order valence-corrected chi connectivity index (χ3v) is 4.33. The molecule has 0 bridgehead atoms. The summed E-state index contributed by atoms with van der Waals surface area (Å²) >= 11 is 6.17. The fourth-order valence-corrected chi connectivity index (χ4v) is 2.92. The molecular formula is C17H17ClN2O5. The number of nitrogens with two attached hydrogens (primary N) is 1. The predicted molar refractivity (Wildman–Crippen MR) is 94.2 cm³/mol. The van der Waals surface area contributed by atoms with Crippen LogP contribution in [-0.2, 0) is 10.2 Å². The lowest BCUT2D eigenvalue weighted by molar-refractivity contribution is -0.384. The number of carboxylic acid groups (broad SMARTS) is 1. The number of carbonyl (C=O) groups is 1. The lowest BCUT2D eigenvalue weighted by Gasteiger charge is -2.28. The number of aliphatic carboxylic acids is 1. The van der Waals surface area contributed by atoms with Crippen molar-refractivity contribution in [3.05, 3.63) is 62.7 Å². The van der Waals surface area contributed by atoms with E-state index in [0.29, 0.717) is 12.4 Å². The Morgan fingerprint density at radius 3 is 2.56 bits per heavy atom. The summed E-state index contributed by atoms with van der Waals surface area (Å²) in [7, 11) is 0. The number of hydrogen-bond acceptors (Lipinski definition) is 5. The molecule has 0 radical (unpaired) electrons. The molecule has 0 aromatic heterocycles. The number of nitrogens with zero attached hydrogens (tertiary/aromatic N) is 1. The maximum Gasteiger partial charge on any atom is 0.318 e. The van der Waals surface area contributed by atoms with Crippen molar-refractivity contribution in [1.29, 1.82) is 0 Å². The molecule has 0 aliphatic heterocycles. The molecule has 0 saturated carbocycles. The summed E-state index contributed by atoms with van der Waals surface area (Å²) < 4.78 is 5.41. The first-order valence-corrected chi connectivity index (χ1v) is 7.80. The van der Waals surface area contributed by atoms with Gasteiger partial charge in [0.2, 0.25) is 0 Å². The van der Waals surface area contributed by atoms with Gasteiger partial charge in [0.25, 0.3) is 5.69 Å². The number of benzene rings is 2. The van der Waals surface area contributed by atoms with Crippen LogP contribution in [0.3, 0.4) is 0 Å². The average Bonchev–Trinajstić information content (AvgIpc) is 2.56. The van der Waals surface area contributed by atoms with Crippen molar-refractivity contribution in [2.45, 2.75) is 19.3 Å². The van der Waals surface area contributed by atoms with Crippen LogP contribution in [0.1, 0.15) is 25.0 Å². The molecule has 132 valence electrons. The molecule has 0 fully saturated rings. The van der Waals surface area contributed by atoms with Gasteiger partial charge in [0.15, 0.2) is 0 Å². The highest BCUT2D eigenvalue weighted by Gasteiger charge is 2.41. The molecule has 1 atom stereocenters. The van der Waals surface area contributed by atoms with E-state index in [4.69, 9.17) is 22.1 Å². The van der Waals surface area contributed by atoms with Gasteiger partial charge in [-0.25, -0.2) is 0 Å². The summed E-state index contributed by atoms with van der Waals surface area (Å²) in [6, 6.07) is 8.35. The number of rotatable bonds is 6. The van der Waals surface area contributed by atoms with Crippen molar-refractivity contribution in [2.24, 2.45) is 0 Å². The molecule has 7 nitrogen and oxygen atoms in total. The quantitative estimate of drug-likeness (QED) is 0.459. The Bertz CT molecular complexity index is 840. The monoisotopic (exact) mass is 364 g/mol. The molecule has 0 aliphatic rings. The van der Waals surface area contributed by atoms with Gasteiger partial charge >= 0.3 is 5.97 Å². The Balaban J connectivity index is 2.76. The molecule has 2 rings (SSSR count). The number of non-ortho nitro benzene ring substituents is 1.